The van der Waals surface area contributed by atoms with Crippen molar-refractivity contribution in [1.29, 1.82) is 0 Å². The number of nitrogens with one attached hydrogen (secondary N) is 1. The normalized spacial score (nSPS) is 24.2. The van der Waals surface area contributed by atoms with Gasteiger partial charge in [-0.2, -0.15) is 0 Å². The fourth-order valence-electron chi connectivity index (χ4n) is 1.98. The van der Waals surface area contributed by atoms with E-state index in [-0.39, 0.29) is 6.10 Å². The monoisotopic (exact) mass is 249 g/mol. The van der Waals surface area contributed by atoms with E-state index < -0.39 is 0 Å². The lowest BCUT2D eigenvalue weighted by molar-refractivity contribution is -0.0165. The van der Waals surface area contributed by atoms with Gasteiger partial charge in [0.15, 0.2) is 0 Å². The van der Waals surface area contributed by atoms with E-state index in [9.17, 15) is 0 Å². The van der Waals surface area contributed by atoms with Gasteiger partial charge in [-0.15, -0.1) is 0 Å². The molecule has 3 nitrogen and oxygen atoms in total. The molecule has 0 spiro atoms. The molecule has 1 aliphatic heterocycles. The molecule has 0 aliphatic carbocycles. The highest BCUT2D eigenvalue weighted by molar-refractivity contribution is 5.28. The summed E-state index contributed by atoms with van der Waals surface area (Å²) in [5.74, 6) is 1.48. The molecule has 100 valence electrons. The van der Waals surface area contributed by atoms with Crippen LogP contribution in [0.5, 0.6) is 5.75 Å². The van der Waals surface area contributed by atoms with E-state index in [0.717, 1.165) is 18.9 Å². The topological polar surface area (TPSA) is 30.5 Å². The SMILES string of the molecule is CC1COC(COc2ccc(C(C)C)cc2)CN1. The predicted octanol–water partition coefficient (Wildman–Crippen LogP) is 2.57. The molecule has 1 aromatic carbocycles. The number of hydrogen-bond acceptors (Lipinski definition) is 3. The molecule has 2 unspecified atom stereocenters. The van der Waals surface area contributed by atoms with Crippen molar-refractivity contribution in [2.24, 2.45) is 0 Å². The minimum Gasteiger partial charge on any atom is -0.491 e. The van der Waals surface area contributed by atoms with E-state index >= 15 is 0 Å². The van der Waals surface area contributed by atoms with Crippen molar-refractivity contribution < 1.29 is 9.47 Å². The summed E-state index contributed by atoms with van der Waals surface area (Å²) >= 11 is 0. The van der Waals surface area contributed by atoms with E-state index in [4.69, 9.17) is 9.47 Å². The Kier molecular flexibility index (Phi) is 4.61. The zero-order chi connectivity index (χ0) is 13.0. The highest BCUT2D eigenvalue weighted by Gasteiger charge is 2.18. The Morgan fingerprint density at radius 1 is 1.33 bits per heavy atom. The van der Waals surface area contributed by atoms with Gasteiger partial charge < -0.3 is 14.8 Å². The molecule has 3 heteroatoms. The second-order valence-corrected chi connectivity index (χ2v) is 5.30. The molecular formula is C15H23NO2. The molecule has 1 saturated heterocycles. The Hall–Kier alpha value is -1.06. The fraction of sp³-hybridized carbons (Fsp3) is 0.600. The Bertz CT molecular complexity index is 353. The van der Waals surface area contributed by atoms with Crippen LogP contribution in [0.3, 0.4) is 0 Å². The van der Waals surface area contributed by atoms with Crippen molar-refractivity contribution in [1.82, 2.24) is 5.32 Å². The number of rotatable bonds is 4. The molecule has 0 radical (unpaired) electrons. The van der Waals surface area contributed by atoms with Crippen molar-refractivity contribution in [3.63, 3.8) is 0 Å². The first-order valence-electron chi connectivity index (χ1n) is 6.73. The van der Waals surface area contributed by atoms with Crippen LogP contribution in [-0.4, -0.2) is 31.9 Å². The molecule has 1 aromatic rings. The summed E-state index contributed by atoms with van der Waals surface area (Å²) in [6.45, 7) is 8.76. The molecule has 0 bridgehead atoms. The summed E-state index contributed by atoms with van der Waals surface area (Å²) in [4.78, 5) is 0. The van der Waals surface area contributed by atoms with Crippen LogP contribution in [0.2, 0.25) is 0 Å². The van der Waals surface area contributed by atoms with Gasteiger partial charge >= 0.3 is 0 Å². The van der Waals surface area contributed by atoms with Crippen LogP contribution in [0.4, 0.5) is 0 Å². The van der Waals surface area contributed by atoms with Crippen LogP contribution in [0, 0.1) is 0 Å². The van der Waals surface area contributed by atoms with Gasteiger partial charge in [0.2, 0.25) is 0 Å². The van der Waals surface area contributed by atoms with E-state index in [1.807, 2.05) is 12.1 Å². The van der Waals surface area contributed by atoms with Crippen LogP contribution in [0.15, 0.2) is 24.3 Å². The van der Waals surface area contributed by atoms with E-state index in [0.29, 0.717) is 18.6 Å². The van der Waals surface area contributed by atoms with Crippen LogP contribution < -0.4 is 10.1 Å². The van der Waals surface area contributed by atoms with Crippen molar-refractivity contribution in [3.8, 4) is 5.75 Å². The highest BCUT2D eigenvalue weighted by Crippen LogP contribution is 2.18. The molecule has 2 rings (SSSR count). The van der Waals surface area contributed by atoms with Gasteiger partial charge in [0.05, 0.1) is 6.61 Å². The Morgan fingerprint density at radius 2 is 2.06 bits per heavy atom. The first-order valence-corrected chi connectivity index (χ1v) is 6.73. The van der Waals surface area contributed by atoms with Gasteiger partial charge in [0.25, 0.3) is 0 Å². The van der Waals surface area contributed by atoms with Crippen LogP contribution in [-0.2, 0) is 4.74 Å². The van der Waals surface area contributed by atoms with Crippen molar-refractivity contribution in [2.45, 2.75) is 38.8 Å². The second-order valence-electron chi connectivity index (χ2n) is 5.30. The molecule has 1 aliphatic rings. The molecule has 1 fully saturated rings. The summed E-state index contributed by atoms with van der Waals surface area (Å²) in [5.41, 5.74) is 1.34. The summed E-state index contributed by atoms with van der Waals surface area (Å²) < 4.78 is 11.4. The number of ether oxygens (including phenoxy) is 2. The second kappa shape index (κ2) is 6.21. The molecule has 0 aromatic heterocycles. The molecule has 0 amide bonds. The molecule has 2 atom stereocenters. The number of morpholine rings is 1. The smallest absolute Gasteiger partial charge is 0.119 e. The lowest BCUT2D eigenvalue weighted by atomic mass is 10.0. The summed E-state index contributed by atoms with van der Waals surface area (Å²) in [5, 5.41) is 3.39. The van der Waals surface area contributed by atoms with Gasteiger partial charge in [0.1, 0.15) is 18.5 Å². The summed E-state index contributed by atoms with van der Waals surface area (Å²) in [6, 6.07) is 8.78. The zero-order valence-corrected chi connectivity index (χ0v) is 11.5. The molecular weight excluding hydrogens is 226 g/mol. The Morgan fingerprint density at radius 3 is 2.61 bits per heavy atom. The zero-order valence-electron chi connectivity index (χ0n) is 11.5. The fourth-order valence-corrected chi connectivity index (χ4v) is 1.98. The third kappa shape index (κ3) is 3.72. The maximum Gasteiger partial charge on any atom is 0.119 e. The van der Waals surface area contributed by atoms with Crippen molar-refractivity contribution in [2.75, 3.05) is 19.8 Å². The van der Waals surface area contributed by atoms with Gasteiger partial charge in [-0.05, 0) is 30.5 Å². The molecule has 18 heavy (non-hydrogen) atoms. The maximum absolute atomic E-state index is 5.75. The predicted molar refractivity (Wildman–Crippen MR) is 73.2 cm³/mol. The van der Waals surface area contributed by atoms with Crippen LogP contribution in [0.25, 0.3) is 0 Å². The molecule has 1 N–H and O–H groups in total. The Balaban J connectivity index is 1.79. The summed E-state index contributed by atoms with van der Waals surface area (Å²) in [7, 11) is 0. The average molecular weight is 249 g/mol. The highest BCUT2D eigenvalue weighted by atomic mass is 16.5. The maximum atomic E-state index is 5.75. The largest absolute Gasteiger partial charge is 0.491 e. The van der Waals surface area contributed by atoms with Gasteiger partial charge in [-0.25, -0.2) is 0 Å². The lowest BCUT2D eigenvalue weighted by Crippen LogP contribution is -2.46. The number of hydrogen-bond donors (Lipinski definition) is 1. The molecule has 0 saturated carbocycles. The van der Waals surface area contributed by atoms with E-state index in [1.54, 1.807) is 0 Å². The Labute approximate surface area is 109 Å². The van der Waals surface area contributed by atoms with Crippen LogP contribution >= 0.6 is 0 Å². The first kappa shape index (κ1) is 13.4. The van der Waals surface area contributed by atoms with E-state index in [2.05, 4.69) is 38.2 Å². The van der Waals surface area contributed by atoms with Gasteiger partial charge in [0, 0.05) is 12.6 Å². The first-order chi connectivity index (χ1) is 8.65. The molecule has 1 heterocycles. The minimum atomic E-state index is 0.158. The van der Waals surface area contributed by atoms with Crippen molar-refractivity contribution >= 4 is 0 Å². The summed E-state index contributed by atoms with van der Waals surface area (Å²) in [6.07, 6.45) is 0.158. The van der Waals surface area contributed by atoms with Gasteiger partial charge in [-0.1, -0.05) is 26.0 Å². The van der Waals surface area contributed by atoms with Crippen molar-refractivity contribution in [3.05, 3.63) is 29.8 Å². The minimum absolute atomic E-state index is 0.158. The van der Waals surface area contributed by atoms with Gasteiger partial charge in [-0.3, -0.25) is 0 Å². The average Bonchev–Trinajstić information content (AvgIpc) is 2.38. The van der Waals surface area contributed by atoms with E-state index in [1.165, 1.54) is 5.56 Å². The third-order valence-corrected chi connectivity index (χ3v) is 3.26. The number of benzene rings is 1. The quantitative estimate of drug-likeness (QED) is 0.889. The standard InChI is InChI=1S/C15H23NO2/c1-11(2)13-4-6-14(7-5-13)18-10-15-8-16-12(3)9-17-15/h4-7,11-12,15-16H,8-10H2,1-3H3. The third-order valence-electron chi connectivity index (χ3n) is 3.26. The van der Waals surface area contributed by atoms with Crippen LogP contribution in [0.1, 0.15) is 32.3 Å². The lowest BCUT2D eigenvalue weighted by Gasteiger charge is -2.28.